The van der Waals surface area contributed by atoms with Gasteiger partial charge in [0.1, 0.15) is 13.2 Å². The molecule has 2 heterocycles. The smallest absolute Gasteiger partial charge is 0.338 e. The maximum atomic E-state index is 12.6. The summed E-state index contributed by atoms with van der Waals surface area (Å²) in [5.41, 5.74) is 2.37. The van der Waals surface area contributed by atoms with Crippen molar-refractivity contribution in [2.45, 2.75) is 19.4 Å². The highest BCUT2D eigenvalue weighted by molar-refractivity contribution is 5.98. The molecule has 0 bridgehead atoms. The fraction of sp³-hybridized carbons (Fsp3) is 0.250. The highest BCUT2D eigenvalue weighted by atomic mass is 16.6. The van der Waals surface area contributed by atoms with Crippen LogP contribution in [0.3, 0.4) is 0 Å². The number of aromatic nitrogens is 2. The van der Waals surface area contributed by atoms with Crippen LogP contribution in [0.15, 0.2) is 42.7 Å². The Labute approximate surface area is 160 Å². The molecule has 144 valence electrons. The zero-order valence-electron chi connectivity index (χ0n) is 15.2. The lowest BCUT2D eigenvalue weighted by Gasteiger charge is -2.20. The number of benzene rings is 2. The zero-order chi connectivity index (χ0) is 19.5. The fourth-order valence-electron chi connectivity index (χ4n) is 2.93. The number of imidazole rings is 1. The molecule has 3 aromatic rings. The minimum atomic E-state index is -0.918. The number of nitrogens with one attached hydrogen (secondary N) is 2. The van der Waals surface area contributed by atoms with E-state index < -0.39 is 18.0 Å². The van der Waals surface area contributed by atoms with Crippen molar-refractivity contribution < 1.29 is 23.8 Å². The third-order valence-corrected chi connectivity index (χ3v) is 4.38. The van der Waals surface area contributed by atoms with Gasteiger partial charge in [0.25, 0.3) is 5.91 Å². The van der Waals surface area contributed by atoms with Crippen molar-refractivity contribution in [1.82, 2.24) is 9.97 Å². The number of hydrogen-bond donors (Lipinski definition) is 2. The summed E-state index contributed by atoms with van der Waals surface area (Å²) in [6, 6.07) is 10.1. The first-order valence-corrected chi connectivity index (χ1v) is 8.98. The molecule has 1 unspecified atom stereocenters. The lowest BCUT2D eigenvalue weighted by atomic mass is 10.2. The number of amides is 1. The second-order valence-corrected chi connectivity index (χ2v) is 6.28. The van der Waals surface area contributed by atoms with Crippen molar-refractivity contribution >= 4 is 28.6 Å². The Hall–Kier alpha value is -3.55. The van der Waals surface area contributed by atoms with Gasteiger partial charge in [-0.25, -0.2) is 9.78 Å². The summed E-state index contributed by atoms with van der Waals surface area (Å²) in [4.78, 5) is 32.1. The molecule has 0 fully saturated rings. The molecule has 1 atom stereocenters. The Morgan fingerprint density at radius 2 is 2.00 bits per heavy atom. The van der Waals surface area contributed by atoms with E-state index in [1.807, 2.05) is 0 Å². The molecule has 1 aliphatic rings. The third-order valence-electron chi connectivity index (χ3n) is 4.38. The minimum Gasteiger partial charge on any atom is -0.486 e. The average molecular weight is 381 g/mol. The molecule has 0 aliphatic carbocycles. The van der Waals surface area contributed by atoms with Crippen LogP contribution < -0.4 is 14.8 Å². The molecule has 4 rings (SSSR count). The van der Waals surface area contributed by atoms with Gasteiger partial charge in [-0.3, -0.25) is 4.79 Å². The fourth-order valence-corrected chi connectivity index (χ4v) is 2.93. The minimum absolute atomic E-state index is 0.342. The summed E-state index contributed by atoms with van der Waals surface area (Å²) in [5, 5.41) is 2.76. The highest BCUT2D eigenvalue weighted by Crippen LogP contribution is 2.32. The lowest BCUT2D eigenvalue weighted by molar-refractivity contribution is -0.124. The van der Waals surface area contributed by atoms with Crippen molar-refractivity contribution in [3.8, 4) is 11.5 Å². The number of carbonyl (C=O) groups is 2. The van der Waals surface area contributed by atoms with Crippen LogP contribution in [-0.2, 0) is 9.53 Å². The number of nitrogens with zero attached hydrogens (tertiary/aromatic N) is 1. The van der Waals surface area contributed by atoms with E-state index in [0.717, 1.165) is 11.0 Å². The predicted molar refractivity (Wildman–Crippen MR) is 102 cm³/mol. The maximum Gasteiger partial charge on any atom is 0.338 e. The largest absolute Gasteiger partial charge is 0.486 e. The summed E-state index contributed by atoms with van der Waals surface area (Å²) in [5.74, 6) is 0.231. The molecule has 0 spiro atoms. The van der Waals surface area contributed by atoms with Crippen LogP contribution in [-0.4, -0.2) is 41.2 Å². The van der Waals surface area contributed by atoms with Crippen molar-refractivity contribution in [3.63, 3.8) is 0 Å². The molecule has 28 heavy (non-hydrogen) atoms. The highest BCUT2D eigenvalue weighted by Gasteiger charge is 2.23. The normalized spacial score (nSPS) is 13.8. The van der Waals surface area contributed by atoms with E-state index in [9.17, 15) is 9.59 Å². The first-order valence-electron chi connectivity index (χ1n) is 8.98. The monoisotopic (exact) mass is 381 g/mol. The summed E-state index contributed by atoms with van der Waals surface area (Å²) in [7, 11) is 0. The molecule has 0 saturated carbocycles. The predicted octanol–water partition coefficient (Wildman–Crippen LogP) is 2.91. The van der Waals surface area contributed by atoms with Crippen molar-refractivity contribution in [2.75, 3.05) is 18.5 Å². The van der Waals surface area contributed by atoms with Gasteiger partial charge in [0.05, 0.1) is 22.9 Å². The number of ether oxygens (including phenoxy) is 3. The van der Waals surface area contributed by atoms with Crippen LogP contribution in [0.2, 0.25) is 0 Å². The first kappa shape index (κ1) is 17.8. The zero-order valence-corrected chi connectivity index (χ0v) is 15.2. The van der Waals surface area contributed by atoms with Crippen LogP contribution in [0.5, 0.6) is 11.5 Å². The van der Waals surface area contributed by atoms with E-state index in [1.54, 1.807) is 49.6 Å². The Bertz CT molecular complexity index is 1030. The molecule has 1 aliphatic heterocycles. The Kier molecular flexibility index (Phi) is 4.84. The van der Waals surface area contributed by atoms with E-state index in [4.69, 9.17) is 14.2 Å². The van der Waals surface area contributed by atoms with Crippen LogP contribution in [0, 0.1) is 0 Å². The SMILES string of the molecule is CCC(OC(=O)c1ccc2nc[nH]c2c1)C(=O)Nc1ccc2c(c1)OCCO2. The van der Waals surface area contributed by atoms with Gasteiger partial charge >= 0.3 is 5.97 Å². The molecular weight excluding hydrogens is 362 g/mol. The van der Waals surface area contributed by atoms with E-state index >= 15 is 0 Å². The molecule has 2 aromatic carbocycles. The van der Waals surface area contributed by atoms with Gasteiger partial charge in [0, 0.05) is 11.8 Å². The summed E-state index contributed by atoms with van der Waals surface area (Å²) in [6.07, 6.45) is 0.974. The van der Waals surface area contributed by atoms with E-state index in [2.05, 4.69) is 15.3 Å². The lowest BCUT2D eigenvalue weighted by Crippen LogP contribution is -2.32. The number of aromatic amines is 1. The Morgan fingerprint density at radius 3 is 2.82 bits per heavy atom. The first-order chi connectivity index (χ1) is 13.6. The number of carbonyl (C=O) groups excluding carboxylic acids is 2. The average Bonchev–Trinajstić information content (AvgIpc) is 3.19. The molecule has 1 aromatic heterocycles. The number of esters is 1. The van der Waals surface area contributed by atoms with Gasteiger partial charge < -0.3 is 24.5 Å². The Balaban J connectivity index is 1.44. The second-order valence-electron chi connectivity index (χ2n) is 6.28. The van der Waals surface area contributed by atoms with Gasteiger partial charge in [-0.1, -0.05) is 6.92 Å². The molecular formula is C20H19N3O5. The van der Waals surface area contributed by atoms with Crippen LogP contribution in [0.4, 0.5) is 5.69 Å². The molecule has 8 heteroatoms. The standard InChI is InChI=1S/C20H19N3O5/c1-2-16(28-20(25)12-3-5-14-15(9-12)22-11-21-14)19(24)23-13-4-6-17-18(10-13)27-8-7-26-17/h3-6,9-11,16H,2,7-8H2,1H3,(H,21,22)(H,23,24). The van der Waals surface area contributed by atoms with Crippen LogP contribution in [0.1, 0.15) is 23.7 Å². The number of fused-ring (bicyclic) bond motifs is 2. The molecule has 2 N–H and O–H groups in total. The third kappa shape index (κ3) is 3.62. The van der Waals surface area contributed by atoms with Crippen LogP contribution in [0.25, 0.3) is 11.0 Å². The Morgan fingerprint density at radius 1 is 1.18 bits per heavy atom. The number of H-pyrrole nitrogens is 1. The number of anilines is 1. The molecule has 1 amide bonds. The van der Waals surface area contributed by atoms with Gasteiger partial charge in [0.15, 0.2) is 17.6 Å². The summed E-state index contributed by atoms with van der Waals surface area (Å²) < 4.78 is 16.4. The maximum absolute atomic E-state index is 12.6. The second kappa shape index (κ2) is 7.59. The summed E-state index contributed by atoms with van der Waals surface area (Å²) >= 11 is 0. The van der Waals surface area contributed by atoms with Gasteiger partial charge in [0.2, 0.25) is 0 Å². The van der Waals surface area contributed by atoms with Crippen molar-refractivity contribution in [3.05, 3.63) is 48.3 Å². The van der Waals surface area contributed by atoms with Crippen molar-refractivity contribution in [2.24, 2.45) is 0 Å². The van der Waals surface area contributed by atoms with E-state index in [-0.39, 0.29) is 0 Å². The van der Waals surface area contributed by atoms with Crippen molar-refractivity contribution in [1.29, 1.82) is 0 Å². The molecule has 0 radical (unpaired) electrons. The quantitative estimate of drug-likeness (QED) is 0.659. The summed E-state index contributed by atoms with van der Waals surface area (Å²) in [6.45, 7) is 2.73. The van der Waals surface area contributed by atoms with Gasteiger partial charge in [-0.2, -0.15) is 0 Å². The van der Waals surface area contributed by atoms with E-state index in [1.165, 1.54) is 0 Å². The number of hydrogen-bond acceptors (Lipinski definition) is 6. The molecule has 8 nitrogen and oxygen atoms in total. The van der Waals surface area contributed by atoms with Crippen LogP contribution >= 0.6 is 0 Å². The molecule has 0 saturated heterocycles. The van der Waals surface area contributed by atoms with Gasteiger partial charge in [-0.15, -0.1) is 0 Å². The van der Waals surface area contributed by atoms with Gasteiger partial charge in [-0.05, 0) is 36.8 Å². The number of rotatable bonds is 5. The topological polar surface area (TPSA) is 103 Å². The van der Waals surface area contributed by atoms with E-state index in [0.29, 0.717) is 42.4 Å².